The Hall–Kier alpha value is -4.78. The van der Waals surface area contributed by atoms with Crippen molar-refractivity contribution in [3.63, 3.8) is 0 Å². The van der Waals surface area contributed by atoms with E-state index in [0.717, 1.165) is 42.5 Å². The lowest BCUT2D eigenvalue weighted by molar-refractivity contribution is -0.228. The lowest BCUT2D eigenvalue weighted by Gasteiger charge is -2.33. The van der Waals surface area contributed by atoms with Crippen molar-refractivity contribution < 1.29 is 54.1 Å². The van der Waals surface area contributed by atoms with Gasteiger partial charge in [-0.25, -0.2) is 4.79 Å². The van der Waals surface area contributed by atoms with Gasteiger partial charge in [0, 0.05) is 44.9 Å². The first-order valence-corrected chi connectivity index (χ1v) is 24.0. The molecule has 15 N–H and O–H groups in total. The molecule has 22 heteroatoms. The fourth-order valence-electron chi connectivity index (χ4n) is 8.34. The Bertz CT molecular complexity index is 1980. The molecule has 0 spiro atoms. The molecule has 1 aromatic heterocycles. The summed E-state index contributed by atoms with van der Waals surface area (Å²) in [5.74, 6) is -2.17. The second-order valence-electron chi connectivity index (χ2n) is 17.6. The predicted octanol–water partition coefficient (Wildman–Crippen LogP) is -0.175. The number of aromatic amines is 1. The summed E-state index contributed by atoms with van der Waals surface area (Å²) in [6, 6.07) is 5.23. The van der Waals surface area contributed by atoms with E-state index in [2.05, 4.69) is 27.9 Å². The zero-order valence-corrected chi connectivity index (χ0v) is 39.1. The molecule has 2 aliphatic rings. The van der Waals surface area contributed by atoms with Gasteiger partial charge in [0.15, 0.2) is 18.5 Å². The highest BCUT2D eigenvalue weighted by Gasteiger charge is 2.54. The SMILES string of the molecule is CCCCCCCCCCCCCCCC(=O)N[C@@H](CCCN=C(N)N)C(=O)NCc1ccc(CN[C@H](C(=O)O)[C@H](O[C@@H]2O[C@H](CN)[C@@H](O)[C@H]2O)[C@H]2O[C@@H](n3ccc(=O)[nH]c3=O)[C@H](O)[C@@H]2O)cc1. The summed E-state index contributed by atoms with van der Waals surface area (Å²) in [6.07, 6.45) is 2.92. The van der Waals surface area contributed by atoms with E-state index >= 15 is 0 Å². The van der Waals surface area contributed by atoms with Crippen molar-refractivity contribution in [2.45, 2.75) is 190 Å². The lowest BCUT2D eigenvalue weighted by Crippen LogP contribution is -2.57. The summed E-state index contributed by atoms with van der Waals surface area (Å²) in [5.41, 5.74) is 16.1. The molecule has 0 bridgehead atoms. The number of aliphatic hydroxyl groups is 4. The number of hydrogen-bond acceptors (Lipinski definition) is 15. The van der Waals surface area contributed by atoms with Crippen LogP contribution in [0.2, 0.25) is 0 Å². The highest BCUT2D eigenvalue weighted by Crippen LogP contribution is 2.34. The number of unbranched alkanes of at least 4 members (excludes halogenated alkanes) is 12. The zero-order valence-electron chi connectivity index (χ0n) is 39.1. The number of carboxylic acid groups (broad SMARTS) is 1. The zero-order chi connectivity index (χ0) is 49.6. The summed E-state index contributed by atoms with van der Waals surface area (Å²) in [5, 5.41) is 62.4. The summed E-state index contributed by atoms with van der Waals surface area (Å²) in [4.78, 5) is 69.5. The molecular weight excluding hydrogens is 887 g/mol. The quantitative estimate of drug-likeness (QED) is 0.0257. The number of carbonyl (C=O) groups excluding carboxylic acids is 2. The van der Waals surface area contributed by atoms with Gasteiger partial charge in [0.2, 0.25) is 11.8 Å². The molecule has 68 heavy (non-hydrogen) atoms. The third-order valence-electron chi connectivity index (χ3n) is 12.3. The van der Waals surface area contributed by atoms with E-state index < -0.39 is 84.5 Å². The molecule has 2 fully saturated rings. The molecule has 2 saturated heterocycles. The monoisotopic (exact) mass is 962 g/mol. The highest BCUT2D eigenvalue weighted by molar-refractivity contribution is 5.87. The van der Waals surface area contributed by atoms with Crippen LogP contribution < -0.4 is 44.4 Å². The molecule has 0 aliphatic carbocycles. The highest BCUT2D eigenvalue weighted by atomic mass is 16.7. The minimum atomic E-state index is -1.87. The average Bonchev–Trinajstić information content (AvgIpc) is 3.75. The summed E-state index contributed by atoms with van der Waals surface area (Å²) in [6.45, 7) is 2.29. The fraction of sp³-hybridized carbons (Fsp3) is 0.696. The lowest BCUT2D eigenvalue weighted by atomic mass is 9.98. The van der Waals surface area contributed by atoms with Crippen LogP contribution in [0.15, 0.2) is 51.1 Å². The van der Waals surface area contributed by atoms with Crippen LogP contribution in [0, 0.1) is 0 Å². The molecule has 0 unspecified atom stereocenters. The topological polar surface area (TPSA) is 361 Å². The van der Waals surface area contributed by atoms with Crippen LogP contribution in [0.3, 0.4) is 0 Å². The third-order valence-corrected chi connectivity index (χ3v) is 12.3. The van der Waals surface area contributed by atoms with Crippen molar-refractivity contribution in [1.82, 2.24) is 25.5 Å². The van der Waals surface area contributed by atoms with Gasteiger partial charge in [-0.05, 0) is 30.4 Å². The molecule has 3 heterocycles. The maximum Gasteiger partial charge on any atom is 0.330 e. The number of carboxylic acids is 1. The molecule has 0 radical (unpaired) electrons. The number of carbonyl (C=O) groups is 3. The number of ether oxygens (including phenoxy) is 3. The third kappa shape index (κ3) is 17.6. The normalized spacial score (nSPS) is 23.7. The van der Waals surface area contributed by atoms with Gasteiger partial charge >= 0.3 is 11.7 Å². The minimum Gasteiger partial charge on any atom is -0.480 e. The molecule has 4 rings (SSSR count). The Morgan fingerprint density at radius 2 is 1.41 bits per heavy atom. The van der Waals surface area contributed by atoms with Crippen LogP contribution in [0.4, 0.5) is 0 Å². The Labute approximate surface area is 396 Å². The van der Waals surface area contributed by atoms with Gasteiger partial charge < -0.3 is 67.6 Å². The van der Waals surface area contributed by atoms with Gasteiger partial charge in [-0.2, -0.15) is 0 Å². The molecule has 11 atom stereocenters. The molecule has 2 aromatic rings. The van der Waals surface area contributed by atoms with Crippen molar-refractivity contribution in [2.75, 3.05) is 13.1 Å². The largest absolute Gasteiger partial charge is 0.480 e. The summed E-state index contributed by atoms with van der Waals surface area (Å²) in [7, 11) is 0. The maximum absolute atomic E-state index is 13.4. The molecule has 2 amide bonds. The second kappa shape index (κ2) is 29.3. The number of nitrogens with one attached hydrogen (secondary N) is 4. The van der Waals surface area contributed by atoms with Crippen molar-refractivity contribution in [3.8, 4) is 0 Å². The smallest absolute Gasteiger partial charge is 0.330 e. The molecule has 1 aromatic carbocycles. The van der Waals surface area contributed by atoms with E-state index in [1.165, 1.54) is 57.8 Å². The molecule has 22 nitrogen and oxygen atoms in total. The molecule has 382 valence electrons. The maximum atomic E-state index is 13.4. The van der Waals surface area contributed by atoms with Crippen LogP contribution in [-0.4, -0.2) is 133 Å². The second-order valence-corrected chi connectivity index (χ2v) is 17.6. The Morgan fingerprint density at radius 1 is 0.809 bits per heavy atom. The van der Waals surface area contributed by atoms with E-state index in [1.54, 1.807) is 24.3 Å². The van der Waals surface area contributed by atoms with E-state index in [0.29, 0.717) is 30.4 Å². The van der Waals surface area contributed by atoms with E-state index in [-0.39, 0.29) is 44.0 Å². The first-order valence-electron chi connectivity index (χ1n) is 24.0. The first kappa shape index (κ1) is 55.8. The predicted molar refractivity (Wildman–Crippen MR) is 251 cm³/mol. The number of guanidine groups is 1. The van der Waals surface area contributed by atoms with Gasteiger partial charge in [0.25, 0.3) is 5.56 Å². The number of H-pyrrole nitrogens is 1. The van der Waals surface area contributed by atoms with Crippen molar-refractivity contribution in [3.05, 3.63) is 68.5 Å². The fourth-order valence-corrected chi connectivity index (χ4v) is 8.34. The Kier molecular flexibility index (Phi) is 24.0. The van der Waals surface area contributed by atoms with Crippen LogP contribution in [0.25, 0.3) is 0 Å². The van der Waals surface area contributed by atoms with E-state index in [9.17, 15) is 49.5 Å². The summed E-state index contributed by atoms with van der Waals surface area (Å²) < 4.78 is 18.2. The minimum absolute atomic E-state index is 0.0686. The summed E-state index contributed by atoms with van der Waals surface area (Å²) >= 11 is 0. The number of benzene rings is 1. The Morgan fingerprint density at radius 3 is 1.97 bits per heavy atom. The number of hydrogen-bond donors (Lipinski definition) is 12. The van der Waals surface area contributed by atoms with Gasteiger partial charge in [-0.15, -0.1) is 0 Å². The van der Waals surface area contributed by atoms with Gasteiger partial charge in [0.1, 0.15) is 54.8 Å². The first-order chi connectivity index (χ1) is 32.6. The van der Waals surface area contributed by atoms with Crippen LogP contribution in [0.5, 0.6) is 0 Å². The molecular formula is C46H75N9O13. The average molecular weight is 962 g/mol. The van der Waals surface area contributed by atoms with Crippen molar-refractivity contribution >= 4 is 23.7 Å². The number of aliphatic carboxylic acids is 1. The standard InChI is InChI=1S/C46H75N9O13/c1-2-3-4-5-6-7-8-9-10-11-12-13-14-17-32(56)53-30(16-15-23-50-45(48)49)41(62)52-27-29-20-18-28(19-21-29)26-51-34(43(63)64)39(68-44-38(61)35(58)31(25-47)66-44)40-36(59)37(60)42(67-40)55-24-22-33(57)54-46(55)65/h18-22,24,30-31,34-40,42,44,51,58-61H,2-17,23,25-27,47H2,1H3,(H,52,62)(H,53,56)(H,63,64)(H4,48,49,50)(H,54,57,65)/t30-,31+,34-,35+,36-,37+,38+,39-,40-,42+,44-/m0/s1. The number of nitrogens with two attached hydrogens (primary N) is 3. The number of amides is 2. The van der Waals surface area contributed by atoms with Gasteiger partial charge in [0.05, 0.1) is 0 Å². The Balaban J connectivity index is 1.33. The number of nitrogens with zero attached hydrogens (tertiary/aromatic N) is 2. The van der Waals surface area contributed by atoms with E-state index in [1.807, 2.05) is 4.98 Å². The molecule has 2 aliphatic heterocycles. The van der Waals surface area contributed by atoms with Crippen molar-refractivity contribution in [1.29, 1.82) is 0 Å². The number of aromatic nitrogens is 2. The van der Waals surface area contributed by atoms with Crippen LogP contribution in [-0.2, 0) is 41.7 Å². The van der Waals surface area contributed by atoms with Crippen LogP contribution in [0.1, 0.15) is 127 Å². The van der Waals surface area contributed by atoms with Gasteiger partial charge in [-0.1, -0.05) is 108 Å². The number of aliphatic hydroxyl groups excluding tert-OH is 4. The molecule has 0 saturated carbocycles. The number of aliphatic imine (C=N–C) groups is 1. The van der Waals surface area contributed by atoms with Gasteiger partial charge in [-0.3, -0.25) is 39.0 Å². The van der Waals surface area contributed by atoms with Crippen molar-refractivity contribution in [2.24, 2.45) is 22.2 Å². The number of rotatable bonds is 32. The van der Waals surface area contributed by atoms with Crippen LogP contribution >= 0.6 is 0 Å². The van der Waals surface area contributed by atoms with E-state index in [4.69, 9.17) is 31.4 Å².